The van der Waals surface area contributed by atoms with Gasteiger partial charge in [-0.05, 0) is 43.7 Å². The standard InChI is InChI=1S/C23H26N2O5/c1-3-29-20-11-9-19(10-12-20)24-22(27)16(2)30-23(28)18-13-21(26)25(15-18)14-17-7-5-4-6-8-17/h4-12,16,18H,3,13-15H2,1-2H3,(H,24,27)/t16-,18-/m1/s1. The quantitative estimate of drug-likeness (QED) is 0.677. The van der Waals surface area contributed by atoms with E-state index in [4.69, 9.17) is 9.47 Å². The Labute approximate surface area is 176 Å². The minimum Gasteiger partial charge on any atom is -0.494 e. The van der Waals surface area contributed by atoms with Crippen LogP contribution in [0.5, 0.6) is 5.75 Å². The van der Waals surface area contributed by atoms with Crippen LogP contribution in [-0.2, 0) is 25.7 Å². The molecule has 0 bridgehead atoms. The van der Waals surface area contributed by atoms with Crippen molar-refractivity contribution in [2.45, 2.75) is 32.9 Å². The first-order chi connectivity index (χ1) is 14.5. The summed E-state index contributed by atoms with van der Waals surface area (Å²) < 4.78 is 10.7. The number of likely N-dealkylation sites (tertiary alicyclic amines) is 1. The fourth-order valence-electron chi connectivity index (χ4n) is 3.26. The summed E-state index contributed by atoms with van der Waals surface area (Å²) in [6, 6.07) is 16.5. The van der Waals surface area contributed by atoms with Crippen LogP contribution in [-0.4, -0.2) is 41.9 Å². The summed E-state index contributed by atoms with van der Waals surface area (Å²) in [6.45, 7) is 4.72. The third-order valence-corrected chi connectivity index (χ3v) is 4.86. The van der Waals surface area contributed by atoms with Gasteiger partial charge in [0.2, 0.25) is 5.91 Å². The van der Waals surface area contributed by atoms with Crippen LogP contribution in [0.4, 0.5) is 5.69 Å². The lowest BCUT2D eigenvalue weighted by atomic mass is 10.1. The number of ether oxygens (including phenoxy) is 2. The zero-order valence-electron chi connectivity index (χ0n) is 17.2. The molecule has 7 heteroatoms. The molecule has 30 heavy (non-hydrogen) atoms. The second-order valence-electron chi connectivity index (χ2n) is 7.19. The SMILES string of the molecule is CCOc1ccc(NC(=O)[C@@H](C)OC(=O)[C@@H]2CC(=O)N(Cc3ccccc3)C2)cc1. The maximum atomic E-state index is 12.5. The molecule has 0 spiro atoms. The van der Waals surface area contributed by atoms with E-state index in [1.807, 2.05) is 37.3 Å². The highest BCUT2D eigenvalue weighted by Crippen LogP contribution is 2.22. The topological polar surface area (TPSA) is 84.9 Å². The van der Waals surface area contributed by atoms with E-state index in [-0.39, 0.29) is 12.3 Å². The Morgan fingerprint density at radius 3 is 2.50 bits per heavy atom. The first kappa shape index (κ1) is 21.4. The number of hydrogen-bond acceptors (Lipinski definition) is 5. The van der Waals surface area contributed by atoms with E-state index in [0.717, 1.165) is 5.56 Å². The molecule has 3 rings (SSSR count). The van der Waals surface area contributed by atoms with Crippen molar-refractivity contribution < 1.29 is 23.9 Å². The average Bonchev–Trinajstić information content (AvgIpc) is 3.11. The molecular formula is C23H26N2O5. The Hall–Kier alpha value is -3.35. The van der Waals surface area contributed by atoms with Gasteiger partial charge in [0.05, 0.1) is 12.5 Å². The summed E-state index contributed by atoms with van der Waals surface area (Å²) >= 11 is 0. The van der Waals surface area contributed by atoms with Crippen molar-refractivity contribution in [2.75, 3.05) is 18.5 Å². The smallest absolute Gasteiger partial charge is 0.312 e. The fraction of sp³-hybridized carbons (Fsp3) is 0.348. The summed E-state index contributed by atoms with van der Waals surface area (Å²) in [6.07, 6.45) is -0.874. The number of amides is 2. The summed E-state index contributed by atoms with van der Waals surface area (Å²) in [7, 11) is 0. The Bertz CT molecular complexity index is 882. The van der Waals surface area contributed by atoms with E-state index in [9.17, 15) is 14.4 Å². The van der Waals surface area contributed by atoms with Crippen LogP contribution in [0.25, 0.3) is 0 Å². The molecular weight excluding hydrogens is 384 g/mol. The highest BCUT2D eigenvalue weighted by Gasteiger charge is 2.36. The summed E-state index contributed by atoms with van der Waals surface area (Å²) in [5.74, 6) is -0.915. The minimum absolute atomic E-state index is 0.0905. The van der Waals surface area contributed by atoms with Gasteiger partial charge >= 0.3 is 5.97 Å². The monoisotopic (exact) mass is 410 g/mol. The number of benzene rings is 2. The van der Waals surface area contributed by atoms with E-state index in [0.29, 0.717) is 31.1 Å². The van der Waals surface area contributed by atoms with Gasteiger partial charge in [0.25, 0.3) is 5.91 Å². The van der Waals surface area contributed by atoms with Crippen LogP contribution in [0, 0.1) is 5.92 Å². The van der Waals surface area contributed by atoms with Crippen molar-refractivity contribution in [1.29, 1.82) is 0 Å². The van der Waals surface area contributed by atoms with E-state index in [1.165, 1.54) is 6.92 Å². The summed E-state index contributed by atoms with van der Waals surface area (Å²) in [5, 5.41) is 2.71. The molecule has 0 radical (unpaired) electrons. The number of esters is 1. The molecule has 1 fully saturated rings. The lowest BCUT2D eigenvalue weighted by Crippen LogP contribution is -2.33. The van der Waals surface area contributed by atoms with Crippen molar-refractivity contribution >= 4 is 23.5 Å². The van der Waals surface area contributed by atoms with Gasteiger partial charge in [-0.15, -0.1) is 0 Å². The van der Waals surface area contributed by atoms with E-state index in [2.05, 4.69) is 5.32 Å². The molecule has 0 unspecified atom stereocenters. The summed E-state index contributed by atoms with van der Waals surface area (Å²) in [5.41, 5.74) is 1.58. The third kappa shape index (κ3) is 5.59. The molecule has 2 aromatic rings. The molecule has 1 aliphatic heterocycles. The molecule has 158 valence electrons. The maximum Gasteiger partial charge on any atom is 0.312 e. The summed E-state index contributed by atoms with van der Waals surface area (Å²) in [4.78, 5) is 38.7. The molecule has 2 aromatic carbocycles. The van der Waals surface area contributed by atoms with Crippen LogP contribution in [0.2, 0.25) is 0 Å². The number of anilines is 1. The average molecular weight is 410 g/mol. The zero-order chi connectivity index (χ0) is 21.5. The van der Waals surface area contributed by atoms with Gasteiger partial charge in [0, 0.05) is 25.2 Å². The van der Waals surface area contributed by atoms with Gasteiger partial charge in [0.1, 0.15) is 5.75 Å². The lowest BCUT2D eigenvalue weighted by molar-refractivity contribution is -0.157. The highest BCUT2D eigenvalue weighted by atomic mass is 16.5. The van der Waals surface area contributed by atoms with Crippen molar-refractivity contribution in [1.82, 2.24) is 4.90 Å². The number of carbonyl (C=O) groups is 3. The zero-order valence-corrected chi connectivity index (χ0v) is 17.2. The fourth-order valence-corrected chi connectivity index (χ4v) is 3.26. The van der Waals surface area contributed by atoms with Gasteiger partial charge in [-0.3, -0.25) is 14.4 Å². The number of carbonyl (C=O) groups excluding carboxylic acids is 3. The predicted molar refractivity (Wildman–Crippen MR) is 112 cm³/mol. The highest BCUT2D eigenvalue weighted by molar-refractivity contribution is 5.95. The molecule has 7 nitrogen and oxygen atoms in total. The van der Waals surface area contributed by atoms with Crippen LogP contribution in [0.1, 0.15) is 25.8 Å². The van der Waals surface area contributed by atoms with E-state index in [1.54, 1.807) is 29.2 Å². The molecule has 2 amide bonds. The van der Waals surface area contributed by atoms with Gasteiger partial charge in [-0.25, -0.2) is 0 Å². The molecule has 1 N–H and O–H groups in total. The van der Waals surface area contributed by atoms with Crippen molar-refractivity contribution in [3.63, 3.8) is 0 Å². The van der Waals surface area contributed by atoms with E-state index < -0.39 is 23.9 Å². The van der Waals surface area contributed by atoms with Crippen molar-refractivity contribution in [2.24, 2.45) is 5.92 Å². The molecule has 2 atom stereocenters. The van der Waals surface area contributed by atoms with Crippen LogP contribution < -0.4 is 10.1 Å². The first-order valence-electron chi connectivity index (χ1n) is 10.0. The van der Waals surface area contributed by atoms with Gasteiger partial charge < -0.3 is 19.7 Å². The molecule has 1 heterocycles. The van der Waals surface area contributed by atoms with Gasteiger partial charge in [-0.1, -0.05) is 30.3 Å². The van der Waals surface area contributed by atoms with Gasteiger partial charge in [-0.2, -0.15) is 0 Å². The first-order valence-corrected chi connectivity index (χ1v) is 10.0. The van der Waals surface area contributed by atoms with E-state index >= 15 is 0 Å². The Morgan fingerprint density at radius 1 is 1.13 bits per heavy atom. The normalized spacial score (nSPS) is 16.8. The number of hydrogen-bond donors (Lipinski definition) is 1. The predicted octanol–water partition coefficient (Wildman–Crippen LogP) is 3.00. The Kier molecular flexibility index (Phi) is 7.06. The van der Waals surface area contributed by atoms with Crippen LogP contribution in [0.15, 0.2) is 54.6 Å². The van der Waals surface area contributed by atoms with Gasteiger partial charge in [0.15, 0.2) is 6.10 Å². The number of nitrogens with one attached hydrogen (secondary N) is 1. The largest absolute Gasteiger partial charge is 0.494 e. The molecule has 1 aliphatic rings. The van der Waals surface area contributed by atoms with Crippen molar-refractivity contribution in [3.05, 3.63) is 60.2 Å². The molecule has 0 saturated carbocycles. The van der Waals surface area contributed by atoms with Crippen LogP contribution >= 0.6 is 0 Å². The number of nitrogens with zero attached hydrogens (tertiary/aromatic N) is 1. The number of rotatable bonds is 8. The molecule has 0 aromatic heterocycles. The third-order valence-electron chi connectivity index (χ3n) is 4.86. The second kappa shape index (κ2) is 9.91. The van der Waals surface area contributed by atoms with Crippen LogP contribution in [0.3, 0.4) is 0 Å². The molecule has 1 saturated heterocycles. The Morgan fingerprint density at radius 2 is 1.83 bits per heavy atom. The Balaban J connectivity index is 1.49. The minimum atomic E-state index is -0.970. The lowest BCUT2D eigenvalue weighted by Gasteiger charge is -2.18. The maximum absolute atomic E-state index is 12.5. The second-order valence-corrected chi connectivity index (χ2v) is 7.19. The molecule has 0 aliphatic carbocycles. The van der Waals surface area contributed by atoms with Crippen molar-refractivity contribution in [3.8, 4) is 5.75 Å².